The molecular weight excluding hydrogens is 320 g/mol. The summed E-state index contributed by atoms with van der Waals surface area (Å²) < 4.78 is 10.4. The van der Waals surface area contributed by atoms with Gasteiger partial charge >= 0.3 is 5.97 Å². The van der Waals surface area contributed by atoms with E-state index < -0.39 is 12.1 Å². The SMILES string of the molecule is COC(CC(=O)c1ccc(Oc2ccc(Cl)cc2)cc1)C(=O)O. The number of carboxylic acids is 1. The first-order chi connectivity index (χ1) is 11.0. The Morgan fingerprint density at radius 3 is 2.04 bits per heavy atom. The number of hydrogen-bond donors (Lipinski definition) is 1. The predicted octanol–water partition coefficient (Wildman–Crippen LogP) is 3.80. The molecule has 2 rings (SSSR count). The number of ether oxygens (including phenoxy) is 2. The van der Waals surface area contributed by atoms with Crippen LogP contribution in [0.3, 0.4) is 0 Å². The van der Waals surface area contributed by atoms with Gasteiger partial charge in [0.25, 0.3) is 0 Å². The number of carbonyl (C=O) groups excluding carboxylic acids is 1. The zero-order chi connectivity index (χ0) is 16.8. The molecule has 1 N–H and O–H groups in total. The number of aliphatic carboxylic acids is 1. The minimum atomic E-state index is -1.16. The smallest absolute Gasteiger partial charge is 0.333 e. The number of benzene rings is 2. The molecule has 1 atom stereocenters. The molecule has 0 radical (unpaired) electrons. The molecule has 0 bridgehead atoms. The van der Waals surface area contributed by atoms with Crippen LogP contribution in [-0.2, 0) is 9.53 Å². The van der Waals surface area contributed by atoms with Crippen LogP contribution in [0.5, 0.6) is 11.5 Å². The van der Waals surface area contributed by atoms with Gasteiger partial charge in [0.15, 0.2) is 11.9 Å². The van der Waals surface area contributed by atoms with Crippen LogP contribution in [0.4, 0.5) is 0 Å². The third-order valence-electron chi connectivity index (χ3n) is 3.16. The lowest BCUT2D eigenvalue weighted by Crippen LogP contribution is -2.25. The van der Waals surface area contributed by atoms with E-state index in [-0.39, 0.29) is 12.2 Å². The number of halogens is 1. The maximum Gasteiger partial charge on any atom is 0.333 e. The second kappa shape index (κ2) is 7.76. The van der Waals surface area contributed by atoms with Crippen molar-refractivity contribution >= 4 is 23.4 Å². The molecule has 0 aliphatic carbocycles. The summed E-state index contributed by atoms with van der Waals surface area (Å²) in [6, 6.07) is 13.4. The number of carbonyl (C=O) groups is 2. The number of carboxylic acid groups (broad SMARTS) is 1. The van der Waals surface area contributed by atoms with Gasteiger partial charge in [-0.3, -0.25) is 4.79 Å². The highest BCUT2D eigenvalue weighted by Gasteiger charge is 2.21. The van der Waals surface area contributed by atoms with Crippen LogP contribution >= 0.6 is 11.6 Å². The monoisotopic (exact) mass is 334 g/mol. The van der Waals surface area contributed by atoms with Gasteiger partial charge in [0.05, 0.1) is 0 Å². The molecule has 2 aromatic rings. The topological polar surface area (TPSA) is 72.8 Å². The van der Waals surface area contributed by atoms with Gasteiger partial charge in [-0.15, -0.1) is 0 Å². The Morgan fingerprint density at radius 2 is 1.57 bits per heavy atom. The molecular formula is C17H15ClO5. The van der Waals surface area contributed by atoms with E-state index >= 15 is 0 Å². The van der Waals surface area contributed by atoms with E-state index in [1.165, 1.54) is 7.11 Å². The zero-order valence-electron chi connectivity index (χ0n) is 12.4. The first-order valence-electron chi connectivity index (χ1n) is 6.82. The van der Waals surface area contributed by atoms with E-state index in [9.17, 15) is 9.59 Å². The van der Waals surface area contributed by atoms with Gasteiger partial charge in [0.1, 0.15) is 11.5 Å². The van der Waals surface area contributed by atoms with Crippen LogP contribution in [0.25, 0.3) is 0 Å². The van der Waals surface area contributed by atoms with E-state index in [1.54, 1.807) is 48.5 Å². The lowest BCUT2D eigenvalue weighted by Gasteiger charge is -2.10. The molecule has 120 valence electrons. The molecule has 0 aromatic heterocycles. The minimum absolute atomic E-state index is 0.219. The molecule has 1 unspecified atom stereocenters. The lowest BCUT2D eigenvalue weighted by molar-refractivity contribution is -0.148. The predicted molar refractivity (Wildman–Crippen MR) is 85.3 cm³/mol. The summed E-state index contributed by atoms with van der Waals surface area (Å²) in [5.74, 6) is -0.287. The van der Waals surface area contributed by atoms with Gasteiger partial charge in [0.2, 0.25) is 0 Å². The Kier molecular flexibility index (Phi) is 5.73. The summed E-state index contributed by atoms with van der Waals surface area (Å²) in [5, 5.41) is 9.51. The first kappa shape index (κ1) is 17.0. The van der Waals surface area contributed by atoms with E-state index in [4.69, 9.17) is 26.2 Å². The number of methoxy groups -OCH3 is 1. The molecule has 5 nitrogen and oxygen atoms in total. The Bertz CT molecular complexity index is 679. The van der Waals surface area contributed by atoms with Gasteiger partial charge in [0, 0.05) is 24.1 Å². The van der Waals surface area contributed by atoms with Crippen LogP contribution in [0.15, 0.2) is 48.5 Å². The van der Waals surface area contributed by atoms with E-state index in [1.807, 2.05) is 0 Å². The van der Waals surface area contributed by atoms with Crippen molar-refractivity contribution in [3.05, 3.63) is 59.1 Å². The van der Waals surface area contributed by atoms with Crippen LogP contribution < -0.4 is 4.74 Å². The normalized spacial score (nSPS) is 11.7. The third-order valence-corrected chi connectivity index (χ3v) is 3.41. The fourth-order valence-corrected chi connectivity index (χ4v) is 2.03. The summed E-state index contributed by atoms with van der Waals surface area (Å²) in [5.41, 5.74) is 0.400. The molecule has 0 spiro atoms. The highest BCUT2D eigenvalue weighted by molar-refractivity contribution is 6.30. The van der Waals surface area contributed by atoms with Gasteiger partial charge in [-0.25, -0.2) is 4.79 Å². The maximum atomic E-state index is 12.0. The van der Waals surface area contributed by atoms with Crippen molar-refractivity contribution in [2.24, 2.45) is 0 Å². The van der Waals surface area contributed by atoms with Crippen molar-refractivity contribution in [3.63, 3.8) is 0 Å². The largest absolute Gasteiger partial charge is 0.479 e. The zero-order valence-corrected chi connectivity index (χ0v) is 13.1. The van der Waals surface area contributed by atoms with E-state index in [0.29, 0.717) is 22.1 Å². The Hall–Kier alpha value is -2.37. The molecule has 0 aliphatic rings. The number of hydrogen-bond acceptors (Lipinski definition) is 4. The lowest BCUT2D eigenvalue weighted by atomic mass is 10.1. The van der Waals surface area contributed by atoms with E-state index in [2.05, 4.69) is 0 Å². The summed E-state index contributed by atoms with van der Waals surface area (Å²) in [6.07, 6.45) is -1.36. The summed E-state index contributed by atoms with van der Waals surface area (Å²) in [6.45, 7) is 0. The third kappa shape index (κ3) is 4.81. The molecule has 0 aliphatic heterocycles. The standard InChI is InChI=1S/C17H15ClO5/c1-22-16(17(20)21)10-15(19)11-2-6-13(7-3-11)23-14-8-4-12(18)5-9-14/h2-9,16H,10H2,1H3,(H,20,21). The average Bonchev–Trinajstić information content (AvgIpc) is 2.55. The Morgan fingerprint density at radius 1 is 1.04 bits per heavy atom. The Labute approximate surface area is 138 Å². The fourth-order valence-electron chi connectivity index (χ4n) is 1.91. The summed E-state index contributed by atoms with van der Waals surface area (Å²) in [4.78, 5) is 22.9. The van der Waals surface area contributed by atoms with Crippen LogP contribution in [0.2, 0.25) is 5.02 Å². The quantitative estimate of drug-likeness (QED) is 0.779. The van der Waals surface area contributed by atoms with Gasteiger partial charge < -0.3 is 14.6 Å². The average molecular weight is 335 g/mol. The van der Waals surface area contributed by atoms with Crippen LogP contribution in [0.1, 0.15) is 16.8 Å². The van der Waals surface area contributed by atoms with Crippen molar-refractivity contribution in [1.29, 1.82) is 0 Å². The molecule has 23 heavy (non-hydrogen) atoms. The van der Waals surface area contributed by atoms with E-state index in [0.717, 1.165) is 0 Å². The molecule has 0 saturated carbocycles. The van der Waals surface area contributed by atoms with Crippen LogP contribution in [-0.4, -0.2) is 30.1 Å². The van der Waals surface area contributed by atoms with Crippen molar-refractivity contribution < 1.29 is 24.2 Å². The van der Waals surface area contributed by atoms with Gasteiger partial charge in [-0.2, -0.15) is 0 Å². The fraction of sp³-hybridized carbons (Fsp3) is 0.176. The second-order valence-electron chi connectivity index (χ2n) is 4.77. The van der Waals surface area contributed by atoms with Crippen molar-refractivity contribution in [2.45, 2.75) is 12.5 Å². The molecule has 6 heteroatoms. The van der Waals surface area contributed by atoms with Crippen molar-refractivity contribution in [3.8, 4) is 11.5 Å². The molecule has 0 fully saturated rings. The Balaban J connectivity index is 2.02. The highest BCUT2D eigenvalue weighted by atomic mass is 35.5. The summed E-state index contributed by atoms with van der Waals surface area (Å²) in [7, 11) is 1.26. The highest BCUT2D eigenvalue weighted by Crippen LogP contribution is 2.23. The first-order valence-corrected chi connectivity index (χ1v) is 7.19. The maximum absolute atomic E-state index is 12.0. The summed E-state index contributed by atoms with van der Waals surface area (Å²) >= 11 is 5.80. The molecule has 0 amide bonds. The van der Waals surface area contributed by atoms with Crippen molar-refractivity contribution in [2.75, 3.05) is 7.11 Å². The molecule has 2 aromatic carbocycles. The minimum Gasteiger partial charge on any atom is -0.479 e. The van der Waals surface area contributed by atoms with Crippen molar-refractivity contribution in [1.82, 2.24) is 0 Å². The molecule has 0 saturated heterocycles. The number of ketones is 1. The number of rotatable bonds is 7. The molecule has 0 heterocycles. The second-order valence-corrected chi connectivity index (χ2v) is 5.21. The number of Topliss-reactive ketones (excluding diaryl/α,β-unsaturated/α-hetero) is 1. The van der Waals surface area contributed by atoms with Gasteiger partial charge in [-0.1, -0.05) is 11.6 Å². The van der Waals surface area contributed by atoms with Gasteiger partial charge in [-0.05, 0) is 48.5 Å². The van der Waals surface area contributed by atoms with Crippen LogP contribution in [0, 0.1) is 0 Å².